The van der Waals surface area contributed by atoms with Gasteiger partial charge in [-0.3, -0.25) is 9.59 Å². The number of phenols is 3. The number of aliphatic hydroxyl groups excluding tert-OH is 2. The number of hydrogen-bond donors (Lipinski definition) is 6. The van der Waals surface area contributed by atoms with Crippen LogP contribution < -0.4 is 14.8 Å². The van der Waals surface area contributed by atoms with Gasteiger partial charge in [-0.05, 0) is 196 Å². The first-order valence-corrected chi connectivity index (χ1v) is 33.9. The van der Waals surface area contributed by atoms with Gasteiger partial charge in [0, 0.05) is 55.4 Å². The number of carbonyl (C=O) groups excluding carboxylic acids is 2. The minimum absolute atomic E-state index is 0.0105. The third kappa shape index (κ3) is 11.3. The molecule has 3 fully saturated rings. The summed E-state index contributed by atoms with van der Waals surface area (Å²) in [5.41, 5.74) is 6.19. The molecule has 7 aromatic rings. The monoisotopic (exact) mass is 1230 g/mol. The fourth-order valence-corrected chi connectivity index (χ4v) is 19.5. The van der Waals surface area contributed by atoms with Crippen molar-refractivity contribution in [2.45, 2.75) is 112 Å². The van der Waals surface area contributed by atoms with Crippen LogP contribution >= 0.6 is 21.6 Å². The van der Waals surface area contributed by atoms with Crippen LogP contribution in [0.4, 0.5) is 0 Å². The highest BCUT2D eigenvalue weighted by atomic mass is 33.1. The lowest BCUT2D eigenvalue weighted by molar-refractivity contribution is -0.179. The van der Waals surface area contributed by atoms with E-state index in [-0.39, 0.29) is 66.1 Å². The number of allylic oxidation sites excluding steroid dienone is 1. The molecule has 6 N–H and O–H groups in total. The first-order chi connectivity index (χ1) is 43.2. The van der Waals surface area contributed by atoms with Crippen molar-refractivity contribution in [3.8, 4) is 51.7 Å². The summed E-state index contributed by atoms with van der Waals surface area (Å²) in [7, 11) is 4.36. The van der Waals surface area contributed by atoms with Gasteiger partial charge in [0.15, 0.2) is 23.0 Å². The molecule has 14 atom stereocenters. The van der Waals surface area contributed by atoms with Crippen molar-refractivity contribution in [2.24, 2.45) is 40.9 Å². The zero-order chi connectivity index (χ0) is 61.1. The third-order valence-electron chi connectivity index (χ3n) is 20.8. The van der Waals surface area contributed by atoms with Gasteiger partial charge in [-0.1, -0.05) is 137 Å². The zero-order valence-corrected chi connectivity index (χ0v) is 51.7. The van der Waals surface area contributed by atoms with Crippen LogP contribution in [0, 0.1) is 52.8 Å². The van der Waals surface area contributed by atoms with Crippen LogP contribution in [0.25, 0.3) is 28.0 Å². The second-order valence-electron chi connectivity index (χ2n) is 26.2. The summed E-state index contributed by atoms with van der Waals surface area (Å²) in [5.74, 6) is 5.39. The molecule has 1 spiro atoms. The Labute approximate surface area is 527 Å². The Bertz CT molecular complexity index is 3940. The normalized spacial score (nSPS) is 30.5. The fraction of sp³-hybridized carbons (Fsp3) is 0.387. The number of benzene rings is 7. The molecule has 14 rings (SSSR count). The number of rotatable bonds is 6. The molecule has 5 aliphatic carbocycles. The van der Waals surface area contributed by atoms with Gasteiger partial charge in [0.25, 0.3) is 0 Å². The van der Waals surface area contributed by atoms with E-state index < -0.39 is 70.2 Å². The molecule has 458 valence electrons. The molecule has 7 aromatic carbocycles. The second kappa shape index (κ2) is 24.4. The summed E-state index contributed by atoms with van der Waals surface area (Å²) in [6.45, 7) is 2.57. The number of aliphatic hydroxyl groups is 2. The van der Waals surface area contributed by atoms with E-state index in [4.69, 9.17) is 18.9 Å². The summed E-state index contributed by atoms with van der Waals surface area (Å²) in [5, 5.41) is 65.2. The van der Waals surface area contributed by atoms with E-state index in [0.29, 0.717) is 63.1 Å². The highest BCUT2D eigenvalue weighted by Gasteiger charge is 2.66. The van der Waals surface area contributed by atoms with Crippen molar-refractivity contribution in [1.29, 1.82) is 0 Å². The molecule has 7 aliphatic rings. The molecule has 0 aromatic heterocycles. The number of phenolic OH excluding ortho intramolecular Hbond substituents is 3. The van der Waals surface area contributed by atoms with Crippen molar-refractivity contribution in [1.82, 2.24) is 5.32 Å². The van der Waals surface area contributed by atoms with Crippen LogP contribution in [0.3, 0.4) is 0 Å². The van der Waals surface area contributed by atoms with E-state index in [2.05, 4.69) is 90.0 Å². The number of esters is 2. The van der Waals surface area contributed by atoms with Gasteiger partial charge < -0.3 is 49.8 Å². The number of carbonyl (C=O) groups is 2. The van der Waals surface area contributed by atoms with E-state index in [1.54, 1.807) is 18.2 Å². The van der Waals surface area contributed by atoms with E-state index in [1.807, 2.05) is 60.7 Å². The molecule has 0 saturated heterocycles. The van der Waals surface area contributed by atoms with Gasteiger partial charge >= 0.3 is 11.9 Å². The molecule has 11 bridgehead atoms. The van der Waals surface area contributed by atoms with Gasteiger partial charge in [0.05, 0.1) is 18.6 Å². The highest BCUT2D eigenvalue weighted by molar-refractivity contribution is 8.76. The van der Waals surface area contributed by atoms with E-state index in [0.717, 1.165) is 67.3 Å². The number of hydrogen-bond acceptors (Lipinski definition) is 14. The number of fused-ring (bicyclic) bond motifs is 10. The lowest BCUT2D eigenvalue weighted by Gasteiger charge is -2.64. The molecular weight excluding hydrogens is 1150 g/mol. The minimum Gasteiger partial charge on any atom is -0.508 e. The molecule has 3 saturated carbocycles. The number of methoxy groups -OCH3 is 1. The lowest BCUT2D eigenvalue weighted by Crippen LogP contribution is -2.62. The van der Waals surface area contributed by atoms with Crippen molar-refractivity contribution >= 4 is 50.4 Å². The molecule has 2 heterocycles. The quantitative estimate of drug-likeness (QED) is 0.0525. The third-order valence-corrected chi connectivity index (χ3v) is 23.4. The Morgan fingerprint density at radius 1 is 0.820 bits per heavy atom. The van der Waals surface area contributed by atoms with Crippen LogP contribution in [-0.2, 0) is 50.3 Å². The van der Waals surface area contributed by atoms with Crippen LogP contribution in [0.5, 0.6) is 28.7 Å². The second-order valence-corrected chi connectivity index (χ2v) is 28.8. The Balaban J connectivity index is 0.979. The van der Waals surface area contributed by atoms with Crippen LogP contribution in [0.2, 0.25) is 0 Å². The van der Waals surface area contributed by atoms with Gasteiger partial charge in [-0.25, -0.2) is 0 Å². The smallest absolute Gasteiger partial charge is 0.316 e. The van der Waals surface area contributed by atoms with Crippen molar-refractivity contribution < 1.29 is 54.1 Å². The molecule has 2 aliphatic heterocycles. The van der Waals surface area contributed by atoms with Crippen molar-refractivity contribution in [3.63, 3.8) is 0 Å². The van der Waals surface area contributed by atoms with Crippen molar-refractivity contribution in [2.75, 3.05) is 26.0 Å². The van der Waals surface area contributed by atoms with Gasteiger partial charge in [0.1, 0.15) is 30.0 Å². The first-order valence-electron chi connectivity index (χ1n) is 31.5. The molecular formula is C75H75NO11S2. The Kier molecular flexibility index (Phi) is 16.3. The van der Waals surface area contributed by atoms with E-state index in [9.17, 15) is 30.3 Å². The summed E-state index contributed by atoms with van der Waals surface area (Å²) in [6.07, 6.45) is 5.70. The molecule has 0 amide bonds. The van der Waals surface area contributed by atoms with Crippen LogP contribution in [-0.4, -0.2) is 87.2 Å². The summed E-state index contributed by atoms with van der Waals surface area (Å²) >= 11 is 0. The average molecular weight is 1230 g/mol. The largest absolute Gasteiger partial charge is 0.508 e. The van der Waals surface area contributed by atoms with E-state index >= 15 is 4.79 Å². The summed E-state index contributed by atoms with van der Waals surface area (Å²) < 4.78 is 26.5. The standard InChI is InChI=1S/C75H75NO11S2/c1-43(77)86-68-33-56-32-61-59-35-70(66(80)28-52(59)26-62-65(79)36-63-60-34-67(81)69(84-2)29-53(60)27-64(68)75(63,72(61)62)21-20-44-10-5-3-6-11-44)85-41-71(82)89-88-42-49-23-46-16-17-48(22-45-12-7-4-8-13-45)40-76-39-47-14-9-15-50(24-47)58-31-55(78)25-51-18-19-54(30-57(51)58)74(37-46,38-49)73(83)87-56/h3-15,18-21,24-25,28-31,34-35,46,48-49,56,61-65,68,71-72,76,78-82H,22-23,26-27,32-33,36-42H2,1-2H3. The predicted octanol–water partition coefficient (Wildman–Crippen LogP) is 13.0. The molecule has 14 unspecified atom stereocenters. The maximum absolute atomic E-state index is 17.0. The summed E-state index contributed by atoms with van der Waals surface area (Å²) in [4.78, 5) is 31.0. The molecule has 14 heteroatoms. The molecule has 12 nitrogen and oxygen atoms in total. The number of nitrogens with one attached hydrogen (secondary N) is 1. The summed E-state index contributed by atoms with van der Waals surface area (Å²) in [6, 6.07) is 46.0. The average Bonchev–Trinajstić information content (AvgIpc) is 0.701. The Morgan fingerprint density at radius 3 is 2.46 bits per heavy atom. The molecule has 0 radical (unpaired) electrons. The minimum atomic E-state index is -1.28. The maximum atomic E-state index is 17.0. The Morgan fingerprint density at radius 2 is 1.64 bits per heavy atom. The maximum Gasteiger partial charge on any atom is 0.316 e. The van der Waals surface area contributed by atoms with Gasteiger partial charge in [0.2, 0.25) is 0 Å². The predicted molar refractivity (Wildman–Crippen MR) is 348 cm³/mol. The van der Waals surface area contributed by atoms with E-state index in [1.165, 1.54) is 41.2 Å². The van der Waals surface area contributed by atoms with Crippen LogP contribution in [0.1, 0.15) is 102 Å². The Hall–Kier alpha value is -7.38. The SMILES string of the molecule is COc1cc2c(cc1O)C1CC(O)C3Cc4cc(O)c5cc4C4CC(CC(OC(C)=O)C(C2)C1(C=Cc1ccccc1)C43)OC(=O)C12CC(C#CC(Cc3ccccc3)CNCc3cccc(c3)-c3cc(O)cc4ccc1cc34)CC(CSSC(O)CO5)C2. The van der Waals surface area contributed by atoms with Crippen molar-refractivity contribution in [3.05, 3.63) is 190 Å². The van der Waals surface area contributed by atoms with Crippen LogP contribution in [0.15, 0.2) is 146 Å². The zero-order valence-electron chi connectivity index (χ0n) is 50.1. The first kappa shape index (κ1) is 59.3. The topological polar surface area (TPSA) is 184 Å². The van der Waals surface area contributed by atoms with Gasteiger partial charge in [-0.15, -0.1) is 0 Å². The molecule has 89 heavy (non-hydrogen) atoms. The highest BCUT2D eigenvalue weighted by Crippen LogP contribution is 2.70. The number of ether oxygens (including phenoxy) is 4. The fourth-order valence-electron chi connectivity index (χ4n) is 17.2. The van der Waals surface area contributed by atoms with Gasteiger partial charge in [-0.2, -0.15) is 0 Å². The number of aromatic hydroxyl groups is 3. The lowest BCUT2D eigenvalue weighted by atomic mass is 9.40.